The molecule has 4 heteroatoms. The van der Waals surface area contributed by atoms with Crippen molar-refractivity contribution in [2.24, 2.45) is 11.1 Å². The van der Waals surface area contributed by atoms with Gasteiger partial charge in [0.2, 0.25) is 5.91 Å². The Hall–Kier alpha value is -0.640. The second-order valence-electron chi connectivity index (χ2n) is 2.88. The summed E-state index contributed by atoms with van der Waals surface area (Å²) in [5, 5.41) is 2.58. The molecule has 0 atom stereocenters. The molecule has 0 unspecified atom stereocenters. The lowest BCUT2D eigenvalue weighted by Crippen LogP contribution is -2.52. The van der Waals surface area contributed by atoms with Gasteiger partial charge in [-0.25, -0.2) is 0 Å². The predicted octanol–water partition coefficient (Wildman–Crippen LogP) is 0.189. The van der Waals surface area contributed by atoms with E-state index in [2.05, 4.69) is 5.32 Å². The van der Waals surface area contributed by atoms with Crippen LogP contribution in [0.3, 0.4) is 0 Å². The van der Waals surface area contributed by atoms with Crippen LogP contribution in [0, 0.1) is 5.41 Å². The maximum absolute atomic E-state index is 11.3. The van der Waals surface area contributed by atoms with Crippen molar-refractivity contribution in [1.29, 1.82) is 0 Å². The Morgan fingerprint density at radius 2 is 2.18 bits per heavy atom. The van der Waals surface area contributed by atoms with Gasteiger partial charge < -0.3 is 11.1 Å². The molecule has 1 rings (SSSR count). The number of thiocarbonyl (C=S) groups is 1. The number of nitrogens with one attached hydrogen (secondary N) is 1. The lowest BCUT2D eigenvalue weighted by atomic mass is 9.68. The molecule has 0 radical (unpaired) electrons. The van der Waals surface area contributed by atoms with Crippen molar-refractivity contribution in [3.05, 3.63) is 0 Å². The van der Waals surface area contributed by atoms with E-state index in [0.29, 0.717) is 4.99 Å². The van der Waals surface area contributed by atoms with Gasteiger partial charge in [0, 0.05) is 7.05 Å². The van der Waals surface area contributed by atoms with Gasteiger partial charge in [-0.1, -0.05) is 18.6 Å². The molecule has 0 saturated heterocycles. The van der Waals surface area contributed by atoms with Crippen molar-refractivity contribution >= 4 is 23.1 Å². The Kier molecular flexibility index (Phi) is 2.13. The number of amides is 1. The van der Waals surface area contributed by atoms with Crippen molar-refractivity contribution in [2.75, 3.05) is 7.05 Å². The Morgan fingerprint density at radius 1 is 1.64 bits per heavy atom. The van der Waals surface area contributed by atoms with Gasteiger partial charge in [0.15, 0.2) is 0 Å². The summed E-state index contributed by atoms with van der Waals surface area (Å²) in [4.78, 5) is 11.6. The van der Waals surface area contributed by atoms with Gasteiger partial charge in [-0.15, -0.1) is 0 Å². The second-order valence-corrected chi connectivity index (χ2v) is 3.32. The molecule has 0 aromatic rings. The summed E-state index contributed by atoms with van der Waals surface area (Å²) in [5.41, 5.74) is 4.97. The first-order valence-electron chi connectivity index (χ1n) is 3.65. The third kappa shape index (κ3) is 1.11. The molecule has 3 nitrogen and oxygen atoms in total. The summed E-state index contributed by atoms with van der Waals surface area (Å²) in [6, 6.07) is 0. The lowest BCUT2D eigenvalue weighted by Gasteiger charge is -2.38. The Labute approximate surface area is 71.3 Å². The number of hydrogen-bond donors (Lipinski definition) is 2. The Balaban J connectivity index is 2.75. The number of hydrogen-bond acceptors (Lipinski definition) is 2. The van der Waals surface area contributed by atoms with Crippen molar-refractivity contribution in [1.82, 2.24) is 5.32 Å². The van der Waals surface area contributed by atoms with E-state index in [9.17, 15) is 4.79 Å². The van der Waals surface area contributed by atoms with E-state index in [1.54, 1.807) is 7.05 Å². The van der Waals surface area contributed by atoms with Gasteiger partial charge in [0.05, 0.1) is 10.4 Å². The molecule has 0 spiro atoms. The summed E-state index contributed by atoms with van der Waals surface area (Å²) in [6.07, 6.45) is 2.66. The first kappa shape index (κ1) is 8.46. The molecular weight excluding hydrogens is 160 g/mol. The smallest absolute Gasteiger partial charge is 0.232 e. The fourth-order valence-corrected chi connectivity index (χ4v) is 1.65. The number of rotatable bonds is 2. The third-order valence-electron chi connectivity index (χ3n) is 2.34. The van der Waals surface area contributed by atoms with Crippen molar-refractivity contribution in [3.8, 4) is 0 Å². The third-order valence-corrected chi connectivity index (χ3v) is 2.73. The van der Waals surface area contributed by atoms with Crippen LogP contribution in [0.15, 0.2) is 0 Å². The summed E-state index contributed by atoms with van der Waals surface area (Å²) in [7, 11) is 1.61. The largest absolute Gasteiger partial charge is 0.392 e. The summed E-state index contributed by atoms with van der Waals surface area (Å²) >= 11 is 4.84. The zero-order valence-electron chi connectivity index (χ0n) is 6.52. The van der Waals surface area contributed by atoms with Gasteiger partial charge in [-0.3, -0.25) is 4.79 Å². The first-order valence-corrected chi connectivity index (χ1v) is 4.06. The van der Waals surface area contributed by atoms with Crippen molar-refractivity contribution in [2.45, 2.75) is 19.3 Å². The molecule has 0 aromatic heterocycles. The Bertz CT molecular complexity index is 199. The van der Waals surface area contributed by atoms with E-state index in [1.807, 2.05) is 0 Å². The highest BCUT2D eigenvalue weighted by Gasteiger charge is 2.46. The minimum absolute atomic E-state index is 0.0312. The maximum atomic E-state index is 11.3. The van der Waals surface area contributed by atoms with Crippen LogP contribution < -0.4 is 11.1 Å². The predicted molar refractivity (Wildman–Crippen MR) is 47.1 cm³/mol. The minimum Gasteiger partial charge on any atom is -0.392 e. The first-order chi connectivity index (χ1) is 5.13. The van der Waals surface area contributed by atoms with Crippen LogP contribution in [-0.4, -0.2) is 17.9 Å². The van der Waals surface area contributed by atoms with Crippen LogP contribution in [0.5, 0.6) is 0 Å². The highest BCUT2D eigenvalue weighted by molar-refractivity contribution is 7.80. The molecule has 1 saturated carbocycles. The number of nitrogens with two attached hydrogens (primary N) is 1. The molecular formula is C7H12N2OS. The summed E-state index contributed by atoms with van der Waals surface area (Å²) < 4.78 is 0. The number of carbonyl (C=O) groups is 1. The number of carbonyl (C=O) groups excluding carboxylic acids is 1. The van der Waals surface area contributed by atoms with Crippen LogP contribution in [0.25, 0.3) is 0 Å². The van der Waals surface area contributed by atoms with Gasteiger partial charge in [0.1, 0.15) is 0 Å². The highest BCUT2D eigenvalue weighted by Crippen LogP contribution is 2.41. The van der Waals surface area contributed by atoms with E-state index in [0.717, 1.165) is 19.3 Å². The quantitative estimate of drug-likeness (QED) is 0.585. The van der Waals surface area contributed by atoms with Gasteiger partial charge in [0.25, 0.3) is 0 Å². The molecule has 0 bridgehead atoms. The van der Waals surface area contributed by atoms with Gasteiger partial charge >= 0.3 is 0 Å². The van der Waals surface area contributed by atoms with Crippen LogP contribution >= 0.6 is 12.2 Å². The van der Waals surface area contributed by atoms with E-state index in [-0.39, 0.29) is 5.91 Å². The monoisotopic (exact) mass is 172 g/mol. The molecule has 1 amide bonds. The zero-order chi connectivity index (χ0) is 8.48. The molecule has 1 fully saturated rings. The van der Waals surface area contributed by atoms with Crippen LogP contribution in [0.2, 0.25) is 0 Å². The average molecular weight is 172 g/mol. The second kappa shape index (κ2) is 2.77. The van der Waals surface area contributed by atoms with E-state index in [4.69, 9.17) is 18.0 Å². The van der Waals surface area contributed by atoms with E-state index >= 15 is 0 Å². The molecule has 3 N–H and O–H groups in total. The average Bonchev–Trinajstić information content (AvgIpc) is 1.84. The highest BCUT2D eigenvalue weighted by atomic mass is 32.1. The van der Waals surface area contributed by atoms with Crippen LogP contribution in [0.4, 0.5) is 0 Å². The molecule has 1 aliphatic rings. The zero-order valence-corrected chi connectivity index (χ0v) is 7.33. The summed E-state index contributed by atoms with van der Waals surface area (Å²) in [5.74, 6) is -0.0312. The van der Waals surface area contributed by atoms with Gasteiger partial charge in [-0.05, 0) is 12.8 Å². The molecule has 0 aliphatic heterocycles. The van der Waals surface area contributed by atoms with Crippen molar-refractivity contribution in [3.63, 3.8) is 0 Å². The van der Waals surface area contributed by atoms with Gasteiger partial charge in [-0.2, -0.15) is 0 Å². The van der Waals surface area contributed by atoms with Crippen LogP contribution in [-0.2, 0) is 4.79 Å². The maximum Gasteiger partial charge on any atom is 0.232 e. The lowest BCUT2D eigenvalue weighted by molar-refractivity contribution is -0.130. The topological polar surface area (TPSA) is 55.1 Å². The van der Waals surface area contributed by atoms with E-state index < -0.39 is 5.41 Å². The fraction of sp³-hybridized carbons (Fsp3) is 0.714. The molecule has 0 aromatic carbocycles. The molecule has 62 valence electrons. The van der Waals surface area contributed by atoms with E-state index in [1.165, 1.54) is 0 Å². The Morgan fingerprint density at radius 3 is 2.27 bits per heavy atom. The SMILES string of the molecule is CNC(=O)C1(C(N)=S)CCC1. The molecule has 1 aliphatic carbocycles. The summed E-state index contributed by atoms with van der Waals surface area (Å²) in [6.45, 7) is 0. The van der Waals surface area contributed by atoms with Crippen molar-refractivity contribution < 1.29 is 4.79 Å². The normalized spacial score (nSPS) is 20.1. The molecule has 0 heterocycles. The molecule has 11 heavy (non-hydrogen) atoms. The van der Waals surface area contributed by atoms with Crippen LogP contribution in [0.1, 0.15) is 19.3 Å². The fourth-order valence-electron chi connectivity index (χ4n) is 1.35. The standard InChI is InChI=1S/C7H12N2OS/c1-9-6(10)7(5(8)11)3-2-4-7/h2-4H2,1H3,(H2,8,11)(H,9,10). The minimum atomic E-state index is -0.510.